The summed E-state index contributed by atoms with van der Waals surface area (Å²) >= 11 is 1.91. The van der Waals surface area contributed by atoms with Crippen molar-refractivity contribution in [1.82, 2.24) is 20.2 Å². The van der Waals surface area contributed by atoms with Crippen molar-refractivity contribution in [2.75, 3.05) is 31.6 Å². The van der Waals surface area contributed by atoms with Crippen molar-refractivity contribution in [1.29, 1.82) is 0 Å². The van der Waals surface area contributed by atoms with E-state index in [1.54, 1.807) is 0 Å². The number of halogens is 1. The standard InChI is InChI=1S/C18H29N5S.HI/c1-3-19-18(20-11-6-7-14-24-2)21-12-8-13-23-15-22-16-9-4-5-10-17(16)23;/h4-5,9-10,15H,3,6-8,11-14H2,1-2H3,(H2,19,20,21);1H. The molecule has 0 aliphatic heterocycles. The van der Waals surface area contributed by atoms with Gasteiger partial charge in [-0.3, -0.25) is 4.99 Å². The number of unbranched alkanes of at least 4 members (excludes halogenated alkanes) is 1. The summed E-state index contributed by atoms with van der Waals surface area (Å²) in [4.78, 5) is 9.09. The molecule has 1 heterocycles. The quantitative estimate of drug-likeness (QED) is 0.238. The lowest BCUT2D eigenvalue weighted by molar-refractivity contribution is 0.660. The number of thioether (sulfide) groups is 1. The second-order valence-corrected chi connectivity index (χ2v) is 6.65. The van der Waals surface area contributed by atoms with Gasteiger partial charge < -0.3 is 15.2 Å². The maximum absolute atomic E-state index is 4.67. The van der Waals surface area contributed by atoms with Gasteiger partial charge in [-0.1, -0.05) is 12.1 Å². The maximum atomic E-state index is 4.67. The number of guanidine groups is 1. The van der Waals surface area contributed by atoms with Crippen molar-refractivity contribution < 1.29 is 0 Å². The number of fused-ring (bicyclic) bond motifs is 1. The first-order chi connectivity index (χ1) is 11.8. The zero-order valence-electron chi connectivity index (χ0n) is 15.2. The smallest absolute Gasteiger partial charge is 0.191 e. The van der Waals surface area contributed by atoms with E-state index in [1.807, 2.05) is 30.2 Å². The Morgan fingerprint density at radius 1 is 1.20 bits per heavy atom. The van der Waals surface area contributed by atoms with Gasteiger partial charge in [0.15, 0.2) is 5.96 Å². The van der Waals surface area contributed by atoms with E-state index >= 15 is 0 Å². The molecule has 7 heteroatoms. The second-order valence-electron chi connectivity index (χ2n) is 5.67. The van der Waals surface area contributed by atoms with Crippen molar-refractivity contribution in [2.45, 2.75) is 32.7 Å². The topological polar surface area (TPSA) is 54.2 Å². The average Bonchev–Trinajstić information content (AvgIpc) is 3.01. The molecular weight excluding hydrogens is 445 g/mol. The Kier molecular flexibility index (Phi) is 11.7. The highest BCUT2D eigenvalue weighted by Gasteiger charge is 2.01. The number of hydrogen-bond acceptors (Lipinski definition) is 3. The molecule has 0 spiro atoms. The minimum atomic E-state index is 0. The molecule has 2 aromatic rings. The summed E-state index contributed by atoms with van der Waals surface area (Å²) in [6.07, 6.45) is 7.52. The van der Waals surface area contributed by atoms with E-state index in [0.29, 0.717) is 0 Å². The SMILES string of the molecule is CCNC(=NCCCn1cnc2ccccc21)NCCCCSC.I. The van der Waals surface area contributed by atoms with Crippen LogP contribution < -0.4 is 10.6 Å². The third-order valence-corrected chi connectivity index (χ3v) is 4.46. The van der Waals surface area contributed by atoms with Gasteiger partial charge in [-0.25, -0.2) is 4.98 Å². The Morgan fingerprint density at radius 2 is 2.04 bits per heavy atom. The molecule has 0 aliphatic carbocycles. The minimum Gasteiger partial charge on any atom is -0.357 e. The number of nitrogens with one attached hydrogen (secondary N) is 2. The van der Waals surface area contributed by atoms with Crippen LogP contribution in [0, 0.1) is 0 Å². The molecule has 0 atom stereocenters. The summed E-state index contributed by atoms with van der Waals surface area (Å²) in [5.41, 5.74) is 2.25. The van der Waals surface area contributed by atoms with Gasteiger partial charge >= 0.3 is 0 Å². The lowest BCUT2D eigenvalue weighted by Gasteiger charge is -2.11. The van der Waals surface area contributed by atoms with Crippen LogP contribution in [0.4, 0.5) is 0 Å². The van der Waals surface area contributed by atoms with Crippen LogP contribution >= 0.6 is 35.7 Å². The highest BCUT2D eigenvalue weighted by Crippen LogP contribution is 2.11. The van der Waals surface area contributed by atoms with Gasteiger partial charge in [-0.15, -0.1) is 24.0 Å². The molecule has 1 aromatic carbocycles. The highest BCUT2D eigenvalue weighted by atomic mass is 127. The highest BCUT2D eigenvalue weighted by molar-refractivity contribution is 14.0. The Hall–Kier alpha value is -0.960. The van der Waals surface area contributed by atoms with Crippen LogP contribution in [0.15, 0.2) is 35.6 Å². The molecule has 2 N–H and O–H groups in total. The van der Waals surface area contributed by atoms with Crippen molar-refractivity contribution in [3.63, 3.8) is 0 Å². The Balaban J connectivity index is 0.00000312. The first-order valence-electron chi connectivity index (χ1n) is 8.76. The van der Waals surface area contributed by atoms with Gasteiger partial charge in [0.1, 0.15) is 0 Å². The Bertz CT molecular complexity index is 629. The largest absolute Gasteiger partial charge is 0.357 e. The fraction of sp³-hybridized carbons (Fsp3) is 0.556. The van der Waals surface area contributed by atoms with Crippen LogP contribution in [0.5, 0.6) is 0 Å². The number of aromatic nitrogens is 2. The fourth-order valence-electron chi connectivity index (χ4n) is 2.54. The summed E-state index contributed by atoms with van der Waals surface area (Å²) < 4.78 is 2.20. The van der Waals surface area contributed by atoms with E-state index in [0.717, 1.165) is 44.1 Å². The fourth-order valence-corrected chi connectivity index (χ4v) is 3.03. The molecule has 5 nitrogen and oxygen atoms in total. The summed E-state index contributed by atoms with van der Waals surface area (Å²) in [5.74, 6) is 2.16. The Morgan fingerprint density at radius 3 is 2.84 bits per heavy atom. The maximum Gasteiger partial charge on any atom is 0.191 e. The van der Waals surface area contributed by atoms with Gasteiger partial charge in [0, 0.05) is 26.2 Å². The number of rotatable bonds is 10. The first-order valence-corrected chi connectivity index (χ1v) is 10.2. The number of nitrogens with zero attached hydrogens (tertiary/aromatic N) is 3. The predicted octanol–water partition coefficient (Wildman–Crippen LogP) is 3.74. The zero-order chi connectivity index (χ0) is 17.0. The van der Waals surface area contributed by atoms with Crippen molar-refractivity contribution >= 4 is 52.7 Å². The van der Waals surface area contributed by atoms with Gasteiger partial charge in [0.25, 0.3) is 0 Å². The lowest BCUT2D eigenvalue weighted by atomic mass is 10.3. The van der Waals surface area contributed by atoms with Gasteiger partial charge in [-0.2, -0.15) is 11.8 Å². The summed E-state index contributed by atoms with van der Waals surface area (Å²) in [5, 5.41) is 6.72. The van der Waals surface area contributed by atoms with Crippen LogP contribution in [-0.2, 0) is 6.54 Å². The molecule has 0 saturated heterocycles. The van der Waals surface area contributed by atoms with E-state index in [9.17, 15) is 0 Å². The summed E-state index contributed by atoms with van der Waals surface area (Å²) in [6, 6.07) is 8.25. The Labute approximate surface area is 172 Å². The van der Waals surface area contributed by atoms with Crippen LogP contribution in [0.3, 0.4) is 0 Å². The monoisotopic (exact) mass is 475 g/mol. The molecule has 0 aliphatic rings. The molecule has 1 aromatic heterocycles. The van der Waals surface area contributed by atoms with E-state index in [4.69, 9.17) is 0 Å². The first kappa shape index (κ1) is 22.1. The third kappa shape index (κ3) is 7.85. The van der Waals surface area contributed by atoms with Gasteiger partial charge in [-0.05, 0) is 50.3 Å². The van der Waals surface area contributed by atoms with Crippen molar-refractivity contribution in [2.24, 2.45) is 4.99 Å². The van der Waals surface area contributed by atoms with E-state index in [1.165, 1.54) is 24.1 Å². The number of aryl methyl sites for hydroxylation is 1. The van der Waals surface area contributed by atoms with Crippen molar-refractivity contribution in [3.05, 3.63) is 30.6 Å². The van der Waals surface area contributed by atoms with Crippen LogP contribution in [-0.4, -0.2) is 47.2 Å². The number of benzene rings is 1. The van der Waals surface area contributed by atoms with E-state index < -0.39 is 0 Å². The lowest BCUT2D eigenvalue weighted by Crippen LogP contribution is -2.37. The van der Waals surface area contributed by atoms with Gasteiger partial charge in [0.05, 0.1) is 17.4 Å². The number of imidazole rings is 1. The molecule has 2 rings (SSSR count). The molecule has 0 amide bonds. The van der Waals surface area contributed by atoms with Crippen LogP contribution in [0.2, 0.25) is 0 Å². The normalized spacial score (nSPS) is 11.4. The summed E-state index contributed by atoms with van der Waals surface area (Å²) in [6.45, 7) is 5.73. The predicted molar refractivity (Wildman–Crippen MR) is 121 cm³/mol. The number of para-hydroxylation sites is 2. The molecule has 25 heavy (non-hydrogen) atoms. The molecule has 0 bridgehead atoms. The summed E-state index contributed by atoms with van der Waals surface area (Å²) in [7, 11) is 0. The van der Waals surface area contributed by atoms with Crippen LogP contribution in [0.1, 0.15) is 26.2 Å². The molecule has 0 unspecified atom stereocenters. The van der Waals surface area contributed by atoms with Gasteiger partial charge in [0.2, 0.25) is 0 Å². The van der Waals surface area contributed by atoms with Crippen LogP contribution in [0.25, 0.3) is 11.0 Å². The number of hydrogen-bond donors (Lipinski definition) is 2. The van der Waals surface area contributed by atoms with E-state index in [2.05, 4.69) is 50.5 Å². The third-order valence-electron chi connectivity index (χ3n) is 3.77. The zero-order valence-corrected chi connectivity index (χ0v) is 18.3. The average molecular weight is 475 g/mol. The molecular formula is C18H30IN5S. The number of aliphatic imine (C=N–C) groups is 1. The van der Waals surface area contributed by atoms with Crippen molar-refractivity contribution in [3.8, 4) is 0 Å². The molecule has 0 saturated carbocycles. The second kappa shape index (κ2) is 13.3. The molecule has 140 valence electrons. The molecule has 0 radical (unpaired) electrons. The van der Waals surface area contributed by atoms with E-state index in [-0.39, 0.29) is 24.0 Å². The molecule has 0 fully saturated rings. The minimum absolute atomic E-state index is 0.